The number of carbonyl (C=O) groups excluding carboxylic acids is 1. The summed E-state index contributed by atoms with van der Waals surface area (Å²) in [5, 5.41) is 0. The Hall–Kier alpha value is -2.36. The number of nitrogens with two attached hydrogens (primary N) is 1. The molecule has 0 bridgehead atoms. The molecule has 0 unspecified atom stereocenters. The summed E-state index contributed by atoms with van der Waals surface area (Å²) in [6.45, 7) is 0. The SMILES string of the molecule is Nc1ccc(F)cc1C(=O)c1ccc(OC2CC2)cc1. The van der Waals surface area contributed by atoms with E-state index in [0.29, 0.717) is 11.7 Å². The third kappa shape index (κ3) is 2.64. The fourth-order valence-electron chi connectivity index (χ4n) is 1.94. The zero-order valence-electron chi connectivity index (χ0n) is 10.8. The van der Waals surface area contributed by atoms with Crippen molar-refractivity contribution < 1.29 is 13.9 Å². The molecule has 2 N–H and O–H groups in total. The van der Waals surface area contributed by atoms with E-state index in [1.807, 2.05) is 0 Å². The first-order valence-corrected chi connectivity index (χ1v) is 6.50. The second kappa shape index (κ2) is 4.96. The Morgan fingerprint density at radius 3 is 2.50 bits per heavy atom. The molecule has 1 fully saturated rings. The van der Waals surface area contributed by atoms with Gasteiger partial charge in [-0.2, -0.15) is 0 Å². The molecular weight excluding hydrogens is 257 g/mol. The van der Waals surface area contributed by atoms with Crippen molar-refractivity contribution >= 4 is 11.5 Å². The molecule has 102 valence electrons. The normalized spacial score (nSPS) is 14.1. The lowest BCUT2D eigenvalue weighted by molar-refractivity contribution is 0.103. The van der Waals surface area contributed by atoms with Gasteiger partial charge in [0.15, 0.2) is 5.78 Å². The van der Waals surface area contributed by atoms with Crippen molar-refractivity contribution in [3.8, 4) is 5.75 Å². The van der Waals surface area contributed by atoms with Gasteiger partial charge in [-0.05, 0) is 55.3 Å². The zero-order valence-corrected chi connectivity index (χ0v) is 10.8. The lowest BCUT2D eigenvalue weighted by atomic mass is 10.0. The maximum absolute atomic E-state index is 13.2. The first kappa shape index (κ1) is 12.7. The van der Waals surface area contributed by atoms with Crippen LogP contribution in [0.5, 0.6) is 5.75 Å². The summed E-state index contributed by atoms with van der Waals surface area (Å²) in [5.41, 5.74) is 6.64. The van der Waals surface area contributed by atoms with Gasteiger partial charge in [0.1, 0.15) is 11.6 Å². The molecule has 0 spiro atoms. The lowest BCUT2D eigenvalue weighted by Crippen LogP contribution is -2.06. The highest BCUT2D eigenvalue weighted by Crippen LogP contribution is 2.27. The number of rotatable bonds is 4. The molecule has 4 heteroatoms. The summed E-state index contributed by atoms with van der Waals surface area (Å²) in [6, 6.07) is 10.6. The van der Waals surface area contributed by atoms with Crippen LogP contribution >= 0.6 is 0 Å². The third-order valence-corrected chi connectivity index (χ3v) is 3.20. The molecule has 1 aliphatic rings. The van der Waals surface area contributed by atoms with Crippen LogP contribution in [0.25, 0.3) is 0 Å². The molecule has 1 aliphatic carbocycles. The molecule has 0 atom stereocenters. The zero-order chi connectivity index (χ0) is 14.1. The molecule has 0 amide bonds. The minimum atomic E-state index is -0.476. The quantitative estimate of drug-likeness (QED) is 0.686. The number of halogens is 1. The molecule has 1 saturated carbocycles. The second-order valence-corrected chi connectivity index (χ2v) is 4.90. The van der Waals surface area contributed by atoms with Crippen LogP contribution in [0, 0.1) is 5.82 Å². The fraction of sp³-hybridized carbons (Fsp3) is 0.188. The monoisotopic (exact) mass is 271 g/mol. The Labute approximate surface area is 116 Å². The van der Waals surface area contributed by atoms with E-state index in [-0.39, 0.29) is 17.0 Å². The van der Waals surface area contributed by atoms with Crippen LogP contribution < -0.4 is 10.5 Å². The number of hydrogen-bond acceptors (Lipinski definition) is 3. The predicted octanol–water partition coefficient (Wildman–Crippen LogP) is 3.18. The molecule has 3 nitrogen and oxygen atoms in total. The van der Waals surface area contributed by atoms with Gasteiger partial charge < -0.3 is 10.5 Å². The van der Waals surface area contributed by atoms with Crippen molar-refractivity contribution in [2.24, 2.45) is 0 Å². The number of hydrogen-bond donors (Lipinski definition) is 1. The summed E-state index contributed by atoms with van der Waals surface area (Å²) in [5.74, 6) is -0.0209. The highest BCUT2D eigenvalue weighted by atomic mass is 19.1. The average molecular weight is 271 g/mol. The molecule has 0 heterocycles. The number of nitrogen functional groups attached to an aromatic ring is 1. The van der Waals surface area contributed by atoms with Gasteiger partial charge in [-0.15, -0.1) is 0 Å². The molecule has 2 aromatic rings. The molecule has 0 aliphatic heterocycles. The Balaban J connectivity index is 1.83. The third-order valence-electron chi connectivity index (χ3n) is 3.20. The van der Waals surface area contributed by atoms with Crippen molar-refractivity contribution in [1.82, 2.24) is 0 Å². The summed E-state index contributed by atoms with van der Waals surface area (Å²) < 4.78 is 18.8. The summed E-state index contributed by atoms with van der Waals surface area (Å²) in [4.78, 5) is 12.3. The first-order chi connectivity index (χ1) is 9.63. The largest absolute Gasteiger partial charge is 0.490 e. The van der Waals surface area contributed by atoms with Gasteiger partial charge in [0.2, 0.25) is 0 Å². The topological polar surface area (TPSA) is 52.3 Å². The van der Waals surface area contributed by atoms with Gasteiger partial charge in [-0.1, -0.05) is 0 Å². The Morgan fingerprint density at radius 1 is 1.15 bits per heavy atom. The van der Waals surface area contributed by atoms with Gasteiger partial charge >= 0.3 is 0 Å². The highest BCUT2D eigenvalue weighted by Gasteiger charge is 2.23. The number of anilines is 1. The van der Waals surface area contributed by atoms with Crippen LogP contribution in [0.4, 0.5) is 10.1 Å². The summed E-state index contributed by atoms with van der Waals surface area (Å²) in [6.07, 6.45) is 2.48. The highest BCUT2D eigenvalue weighted by molar-refractivity contribution is 6.12. The minimum absolute atomic E-state index is 0.181. The average Bonchev–Trinajstić information content (AvgIpc) is 3.26. The van der Waals surface area contributed by atoms with E-state index in [1.54, 1.807) is 24.3 Å². The number of ketones is 1. The first-order valence-electron chi connectivity index (χ1n) is 6.50. The Morgan fingerprint density at radius 2 is 1.85 bits per heavy atom. The predicted molar refractivity (Wildman–Crippen MR) is 74.3 cm³/mol. The number of ether oxygens (including phenoxy) is 1. The van der Waals surface area contributed by atoms with Crippen molar-refractivity contribution in [2.75, 3.05) is 5.73 Å². The van der Waals surface area contributed by atoms with E-state index in [4.69, 9.17) is 10.5 Å². The number of benzene rings is 2. The van der Waals surface area contributed by atoms with Crippen LogP contribution in [0.2, 0.25) is 0 Å². The van der Waals surface area contributed by atoms with Gasteiger partial charge in [0, 0.05) is 16.8 Å². The lowest BCUT2D eigenvalue weighted by Gasteiger charge is -2.07. The molecule has 0 aromatic heterocycles. The Bertz CT molecular complexity index is 648. The van der Waals surface area contributed by atoms with Crippen LogP contribution in [0.3, 0.4) is 0 Å². The van der Waals surface area contributed by atoms with Crippen LogP contribution in [-0.4, -0.2) is 11.9 Å². The van der Waals surface area contributed by atoms with E-state index in [0.717, 1.165) is 24.7 Å². The smallest absolute Gasteiger partial charge is 0.195 e. The van der Waals surface area contributed by atoms with Crippen molar-refractivity contribution in [2.45, 2.75) is 18.9 Å². The van der Waals surface area contributed by atoms with E-state index in [2.05, 4.69) is 0 Å². The summed E-state index contributed by atoms with van der Waals surface area (Å²) >= 11 is 0. The molecule has 0 saturated heterocycles. The van der Waals surface area contributed by atoms with Gasteiger partial charge in [-0.25, -0.2) is 4.39 Å². The van der Waals surface area contributed by atoms with Gasteiger partial charge in [0.25, 0.3) is 0 Å². The standard InChI is InChI=1S/C16H14FNO2/c17-11-3-8-15(18)14(9-11)16(19)10-1-4-12(5-2-10)20-13-6-7-13/h1-5,8-9,13H,6-7,18H2. The minimum Gasteiger partial charge on any atom is -0.490 e. The van der Waals surface area contributed by atoms with E-state index < -0.39 is 5.82 Å². The molecule has 20 heavy (non-hydrogen) atoms. The van der Waals surface area contributed by atoms with E-state index >= 15 is 0 Å². The van der Waals surface area contributed by atoms with Crippen LogP contribution in [0.1, 0.15) is 28.8 Å². The Kier molecular flexibility index (Phi) is 3.14. The molecular formula is C16H14FNO2. The number of carbonyl (C=O) groups is 1. The maximum Gasteiger partial charge on any atom is 0.195 e. The van der Waals surface area contributed by atoms with Gasteiger partial charge in [0.05, 0.1) is 6.10 Å². The molecule has 0 radical (unpaired) electrons. The van der Waals surface area contributed by atoms with E-state index in [1.165, 1.54) is 12.1 Å². The van der Waals surface area contributed by atoms with Crippen molar-refractivity contribution in [3.63, 3.8) is 0 Å². The van der Waals surface area contributed by atoms with Crippen LogP contribution in [0.15, 0.2) is 42.5 Å². The molecule has 3 rings (SSSR count). The second-order valence-electron chi connectivity index (χ2n) is 4.90. The van der Waals surface area contributed by atoms with Crippen molar-refractivity contribution in [1.29, 1.82) is 0 Å². The maximum atomic E-state index is 13.2. The fourth-order valence-corrected chi connectivity index (χ4v) is 1.94. The van der Waals surface area contributed by atoms with Gasteiger partial charge in [-0.3, -0.25) is 4.79 Å². The molecule has 2 aromatic carbocycles. The van der Waals surface area contributed by atoms with E-state index in [9.17, 15) is 9.18 Å². The summed E-state index contributed by atoms with van der Waals surface area (Å²) in [7, 11) is 0. The van der Waals surface area contributed by atoms with Crippen LogP contribution in [-0.2, 0) is 0 Å². The van der Waals surface area contributed by atoms with Crippen molar-refractivity contribution in [3.05, 3.63) is 59.4 Å².